The van der Waals surface area contributed by atoms with Crippen LogP contribution in [0.5, 0.6) is 0 Å². The smallest absolute Gasteiger partial charge is 0.240 e. The van der Waals surface area contributed by atoms with Gasteiger partial charge in [-0.25, -0.2) is 13.1 Å². The molecule has 0 radical (unpaired) electrons. The van der Waals surface area contributed by atoms with Crippen LogP contribution in [-0.4, -0.2) is 32.7 Å². The summed E-state index contributed by atoms with van der Waals surface area (Å²) in [5.74, 6) is 0.751. The van der Waals surface area contributed by atoms with Crippen LogP contribution in [0.15, 0.2) is 28.0 Å². The van der Waals surface area contributed by atoms with Gasteiger partial charge in [-0.3, -0.25) is 4.79 Å². The van der Waals surface area contributed by atoms with Gasteiger partial charge in [0.05, 0.1) is 10.6 Å². The van der Waals surface area contributed by atoms with Crippen molar-refractivity contribution in [2.24, 2.45) is 0 Å². The van der Waals surface area contributed by atoms with Crippen LogP contribution in [0.25, 0.3) is 0 Å². The van der Waals surface area contributed by atoms with Gasteiger partial charge in [0.2, 0.25) is 15.9 Å². The number of amides is 1. The van der Waals surface area contributed by atoms with Crippen LogP contribution < -0.4 is 9.62 Å². The Morgan fingerprint density at radius 3 is 2.70 bits per heavy atom. The second-order valence-electron chi connectivity index (χ2n) is 4.92. The molecule has 1 aromatic rings. The molecule has 1 aliphatic rings. The zero-order valence-corrected chi connectivity index (χ0v) is 13.3. The maximum atomic E-state index is 12.2. The predicted molar refractivity (Wildman–Crippen MR) is 80.7 cm³/mol. The van der Waals surface area contributed by atoms with E-state index < -0.39 is 10.0 Å². The Morgan fingerprint density at radius 2 is 2.10 bits per heavy atom. The third-order valence-corrected chi connectivity index (χ3v) is 5.57. The minimum atomic E-state index is -3.54. The molecular weight excluding hydrogens is 296 g/mol. The summed E-state index contributed by atoms with van der Waals surface area (Å²) >= 11 is 1.63. The van der Waals surface area contributed by atoms with E-state index in [-0.39, 0.29) is 16.8 Å². The number of benzene rings is 1. The quantitative estimate of drug-likeness (QED) is 0.924. The van der Waals surface area contributed by atoms with E-state index in [1.54, 1.807) is 48.7 Å². The van der Waals surface area contributed by atoms with Crippen molar-refractivity contribution in [3.63, 3.8) is 0 Å². The normalized spacial score (nSPS) is 15.3. The van der Waals surface area contributed by atoms with E-state index in [2.05, 4.69) is 4.72 Å². The molecule has 1 heterocycles. The molecular formula is C13H18N2O3S2. The van der Waals surface area contributed by atoms with E-state index in [1.807, 2.05) is 0 Å². The molecule has 0 spiro atoms. The zero-order valence-electron chi connectivity index (χ0n) is 11.7. The standard InChI is InChI=1S/C13H18N2O3S2/c1-9(2)14-20(17,18)11-4-5-13-12(8-11)15(10(3)16)6-7-19-13/h4-5,8-9,14H,6-7H2,1-3H3. The van der Waals surface area contributed by atoms with Gasteiger partial charge in [0.1, 0.15) is 0 Å². The van der Waals surface area contributed by atoms with Gasteiger partial charge >= 0.3 is 0 Å². The number of hydrogen-bond acceptors (Lipinski definition) is 4. The molecule has 7 heteroatoms. The van der Waals surface area contributed by atoms with Crippen molar-refractivity contribution in [2.75, 3.05) is 17.2 Å². The van der Waals surface area contributed by atoms with Gasteiger partial charge in [-0.15, -0.1) is 11.8 Å². The average Bonchev–Trinajstić information content (AvgIpc) is 2.35. The molecule has 2 rings (SSSR count). The lowest BCUT2D eigenvalue weighted by molar-refractivity contribution is -0.116. The second kappa shape index (κ2) is 5.75. The van der Waals surface area contributed by atoms with Gasteiger partial charge in [0.15, 0.2) is 0 Å². The summed E-state index contributed by atoms with van der Waals surface area (Å²) in [6.07, 6.45) is 0. The highest BCUT2D eigenvalue weighted by atomic mass is 32.2. The molecule has 5 nitrogen and oxygen atoms in total. The van der Waals surface area contributed by atoms with Crippen LogP contribution in [0, 0.1) is 0 Å². The SMILES string of the molecule is CC(=O)N1CCSc2ccc(S(=O)(=O)NC(C)C)cc21. The number of rotatable bonds is 3. The van der Waals surface area contributed by atoms with Gasteiger partial charge < -0.3 is 4.90 Å². The Morgan fingerprint density at radius 1 is 1.40 bits per heavy atom. The molecule has 110 valence electrons. The fourth-order valence-corrected chi connectivity index (χ4v) is 4.32. The summed E-state index contributed by atoms with van der Waals surface area (Å²) in [5.41, 5.74) is 0.681. The third-order valence-electron chi connectivity index (χ3n) is 2.87. The lowest BCUT2D eigenvalue weighted by Gasteiger charge is -2.28. The molecule has 0 aromatic heterocycles. The van der Waals surface area contributed by atoms with Crippen molar-refractivity contribution in [3.05, 3.63) is 18.2 Å². The highest BCUT2D eigenvalue weighted by Gasteiger charge is 2.24. The number of carbonyl (C=O) groups excluding carboxylic acids is 1. The summed E-state index contributed by atoms with van der Waals surface area (Å²) in [4.78, 5) is 14.4. The Bertz CT molecular complexity index is 627. The van der Waals surface area contributed by atoms with E-state index in [0.29, 0.717) is 12.2 Å². The minimum absolute atomic E-state index is 0.0714. The summed E-state index contributed by atoms with van der Waals surface area (Å²) in [6.45, 7) is 5.64. The van der Waals surface area contributed by atoms with Crippen LogP contribution in [0.2, 0.25) is 0 Å². The first-order valence-electron chi connectivity index (χ1n) is 6.38. The largest absolute Gasteiger partial charge is 0.311 e. The van der Waals surface area contributed by atoms with Crippen molar-refractivity contribution in [1.29, 1.82) is 0 Å². The molecule has 0 saturated heterocycles. The lowest BCUT2D eigenvalue weighted by Crippen LogP contribution is -2.34. The molecule has 20 heavy (non-hydrogen) atoms. The van der Waals surface area contributed by atoms with Gasteiger partial charge in [0, 0.05) is 30.2 Å². The molecule has 1 N–H and O–H groups in total. The van der Waals surface area contributed by atoms with E-state index in [1.165, 1.54) is 6.92 Å². The molecule has 0 saturated carbocycles. The van der Waals surface area contributed by atoms with Crippen LogP contribution >= 0.6 is 11.8 Å². The van der Waals surface area contributed by atoms with Crippen molar-refractivity contribution < 1.29 is 13.2 Å². The Labute approximate surface area is 123 Å². The van der Waals surface area contributed by atoms with Crippen LogP contribution in [0.4, 0.5) is 5.69 Å². The minimum Gasteiger partial charge on any atom is -0.311 e. The first kappa shape index (κ1) is 15.3. The summed E-state index contributed by atoms with van der Waals surface area (Å²) < 4.78 is 26.9. The number of nitrogens with zero attached hydrogens (tertiary/aromatic N) is 1. The summed E-state index contributed by atoms with van der Waals surface area (Å²) in [5, 5.41) is 0. The Balaban J connectivity index is 2.45. The number of thioether (sulfide) groups is 1. The van der Waals surface area contributed by atoms with E-state index in [4.69, 9.17) is 0 Å². The maximum Gasteiger partial charge on any atom is 0.240 e. The van der Waals surface area contributed by atoms with Crippen molar-refractivity contribution in [2.45, 2.75) is 36.6 Å². The average molecular weight is 314 g/mol. The number of carbonyl (C=O) groups is 1. The molecule has 0 bridgehead atoms. The van der Waals surface area contributed by atoms with Crippen LogP contribution in [0.3, 0.4) is 0 Å². The molecule has 1 amide bonds. The predicted octanol–water partition coefficient (Wildman–Crippen LogP) is 1.83. The van der Waals surface area contributed by atoms with Crippen molar-refractivity contribution in [3.8, 4) is 0 Å². The molecule has 1 aromatic carbocycles. The number of sulfonamides is 1. The molecule has 0 fully saturated rings. The Hall–Kier alpha value is -1.05. The lowest BCUT2D eigenvalue weighted by atomic mass is 10.2. The van der Waals surface area contributed by atoms with Gasteiger partial charge in [0.25, 0.3) is 0 Å². The fraction of sp³-hybridized carbons (Fsp3) is 0.462. The molecule has 0 unspecified atom stereocenters. The van der Waals surface area contributed by atoms with E-state index in [0.717, 1.165) is 10.6 Å². The summed E-state index contributed by atoms with van der Waals surface area (Å²) in [6, 6.07) is 4.76. The number of hydrogen-bond donors (Lipinski definition) is 1. The van der Waals surface area contributed by atoms with Gasteiger partial charge in [-0.1, -0.05) is 0 Å². The number of nitrogens with one attached hydrogen (secondary N) is 1. The van der Waals surface area contributed by atoms with Crippen LogP contribution in [0.1, 0.15) is 20.8 Å². The molecule has 0 atom stereocenters. The zero-order chi connectivity index (χ0) is 14.9. The highest BCUT2D eigenvalue weighted by molar-refractivity contribution is 7.99. The van der Waals surface area contributed by atoms with E-state index >= 15 is 0 Å². The second-order valence-corrected chi connectivity index (χ2v) is 7.78. The first-order valence-corrected chi connectivity index (χ1v) is 8.85. The number of anilines is 1. The van der Waals surface area contributed by atoms with Crippen molar-refractivity contribution in [1.82, 2.24) is 4.72 Å². The van der Waals surface area contributed by atoms with Gasteiger partial charge in [-0.2, -0.15) is 0 Å². The third kappa shape index (κ3) is 3.16. The van der Waals surface area contributed by atoms with Crippen LogP contribution in [-0.2, 0) is 14.8 Å². The highest BCUT2D eigenvalue weighted by Crippen LogP contribution is 2.36. The Kier molecular flexibility index (Phi) is 4.41. The monoisotopic (exact) mass is 314 g/mol. The van der Waals surface area contributed by atoms with Crippen molar-refractivity contribution >= 4 is 33.4 Å². The first-order chi connectivity index (χ1) is 9.31. The molecule has 1 aliphatic heterocycles. The fourth-order valence-electron chi connectivity index (χ4n) is 2.07. The summed E-state index contributed by atoms with van der Waals surface area (Å²) in [7, 11) is -3.54. The number of fused-ring (bicyclic) bond motifs is 1. The van der Waals surface area contributed by atoms with E-state index in [9.17, 15) is 13.2 Å². The maximum absolute atomic E-state index is 12.2. The van der Waals surface area contributed by atoms with Gasteiger partial charge in [-0.05, 0) is 32.0 Å². The molecule has 0 aliphatic carbocycles. The topological polar surface area (TPSA) is 66.5 Å².